The largest absolute Gasteiger partial charge is 0.350 e. The lowest BCUT2D eigenvalue weighted by Crippen LogP contribution is -2.55. The first-order valence-electron chi connectivity index (χ1n) is 9.36. The minimum Gasteiger partial charge on any atom is -0.350 e. The molecule has 26 heavy (non-hydrogen) atoms. The van der Waals surface area contributed by atoms with Crippen molar-refractivity contribution in [3.05, 3.63) is 35.4 Å². The lowest BCUT2D eigenvalue weighted by Gasteiger charge is -2.37. The molecule has 1 fully saturated rings. The Labute approximate surface area is 162 Å². The predicted molar refractivity (Wildman–Crippen MR) is 105 cm³/mol. The van der Waals surface area contributed by atoms with E-state index in [1.807, 2.05) is 32.0 Å². The number of benzene rings is 1. The number of nitrogens with zero attached hydrogens (tertiary/aromatic N) is 1. The maximum Gasteiger partial charge on any atom is 0.243 e. The van der Waals surface area contributed by atoms with E-state index in [0.717, 1.165) is 24.0 Å². The van der Waals surface area contributed by atoms with Crippen LogP contribution in [0.5, 0.6) is 0 Å². The Morgan fingerprint density at radius 1 is 1.23 bits per heavy atom. The normalized spacial score (nSPS) is 20.2. The van der Waals surface area contributed by atoms with Crippen molar-refractivity contribution < 1.29 is 9.59 Å². The van der Waals surface area contributed by atoms with Gasteiger partial charge in [-0.1, -0.05) is 38.1 Å². The van der Waals surface area contributed by atoms with E-state index < -0.39 is 6.04 Å². The number of fused-ring (bicyclic) bond motifs is 1. The third kappa shape index (κ3) is 4.77. The van der Waals surface area contributed by atoms with Gasteiger partial charge in [-0.2, -0.15) is 0 Å². The minimum absolute atomic E-state index is 0. The number of hydrogen-bond donors (Lipinski definition) is 2. The van der Waals surface area contributed by atoms with Crippen LogP contribution in [-0.4, -0.2) is 35.3 Å². The molecule has 1 aliphatic heterocycles. The number of carbonyl (C=O) groups excluding carboxylic acids is 2. The standard InChI is InChI=1S/C20H29N3O2.ClH/c1-13(2)9-19(24)23-12-16-6-4-3-5-15(16)10-18(23)20(25)22-17(11-21)14-7-8-14;/h3-6,13-14,17-18H,7-12,21H2,1-2H3,(H,22,25);1H. The zero-order chi connectivity index (χ0) is 18.0. The third-order valence-electron chi connectivity index (χ3n) is 5.23. The second kappa shape index (κ2) is 8.87. The van der Waals surface area contributed by atoms with Crippen molar-refractivity contribution in [1.29, 1.82) is 0 Å². The van der Waals surface area contributed by atoms with Gasteiger partial charge in [0.25, 0.3) is 0 Å². The summed E-state index contributed by atoms with van der Waals surface area (Å²) in [4.78, 5) is 27.5. The van der Waals surface area contributed by atoms with Gasteiger partial charge in [-0.05, 0) is 35.8 Å². The van der Waals surface area contributed by atoms with E-state index in [9.17, 15) is 9.59 Å². The average Bonchev–Trinajstić information content (AvgIpc) is 3.42. The maximum absolute atomic E-state index is 12.9. The molecule has 5 nitrogen and oxygen atoms in total. The van der Waals surface area contributed by atoms with Crippen molar-refractivity contribution >= 4 is 24.2 Å². The van der Waals surface area contributed by atoms with E-state index in [1.165, 1.54) is 0 Å². The van der Waals surface area contributed by atoms with Crippen LogP contribution in [0, 0.1) is 11.8 Å². The molecular weight excluding hydrogens is 350 g/mol. The molecule has 1 heterocycles. The highest BCUT2D eigenvalue weighted by Crippen LogP contribution is 2.32. The Balaban J connectivity index is 0.00000243. The Morgan fingerprint density at radius 2 is 1.88 bits per heavy atom. The smallest absolute Gasteiger partial charge is 0.243 e. The first-order valence-corrected chi connectivity index (χ1v) is 9.36. The van der Waals surface area contributed by atoms with E-state index >= 15 is 0 Å². The summed E-state index contributed by atoms with van der Waals surface area (Å²) in [6, 6.07) is 7.68. The van der Waals surface area contributed by atoms with Crippen LogP contribution in [0.3, 0.4) is 0 Å². The number of rotatable bonds is 6. The van der Waals surface area contributed by atoms with E-state index in [2.05, 4.69) is 11.4 Å². The highest BCUT2D eigenvalue weighted by atomic mass is 35.5. The maximum atomic E-state index is 12.9. The van der Waals surface area contributed by atoms with E-state index in [-0.39, 0.29) is 36.2 Å². The zero-order valence-electron chi connectivity index (χ0n) is 15.6. The van der Waals surface area contributed by atoms with Gasteiger partial charge in [-0.25, -0.2) is 0 Å². The molecule has 3 N–H and O–H groups in total. The summed E-state index contributed by atoms with van der Waals surface area (Å²) in [7, 11) is 0. The summed E-state index contributed by atoms with van der Waals surface area (Å²) in [5, 5.41) is 3.11. The Morgan fingerprint density at radius 3 is 2.46 bits per heavy atom. The molecule has 3 rings (SSSR count). The molecule has 1 aromatic carbocycles. The SMILES string of the molecule is CC(C)CC(=O)N1Cc2ccccc2CC1C(=O)NC(CN)C1CC1.Cl. The second-order valence-corrected chi connectivity index (χ2v) is 7.80. The molecule has 0 spiro atoms. The molecule has 6 heteroatoms. The van der Waals surface area contributed by atoms with Gasteiger partial charge < -0.3 is 16.0 Å². The molecule has 0 aromatic heterocycles. The first kappa shape index (κ1) is 20.7. The summed E-state index contributed by atoms with van der Waals surface area (Å²) >= 11 is 0. The summed E-state index contributed by atoms with van der Waals surface area (Å²) < 4.78 is 0. The van der Waals surface area contributed by atoms with Crippen molar-refractivity contribution in [3.8, 4) is 0 Å². The summed E-state index contributed by atoms with van der Waals surface area (Å²) in [5.74, 6) is 0.774. The minimum atomic E-state index is -0.436. The van der Waals surface area contributed by atoms with Gasteiger partial charge in [0, 0.05) is 32.0 Å². The van der Waals surface area contributed by atoms with Crippen molar-refractivity contribution in [2.24, 2.45) is 17.6 Å². The van der Waals surface area contributed by atoms with Crippen molar-refractivity contribution in [3.63, 3.8) is 0 Å². The van der Waals surface area contributed by atoms with E-state index in [1.54, 1.807) is 4.90 Å². The van der Waals surface area contributed by atoms with Crippen LogP contribution in [0.2, 0.25) is 0 Å². The van der Waals surface area contributed by atoms with Gasteiger partial charge in [0.05, 0.1) is 0 Å². The first-order chi connectivity index (χ1) is 12.0. The lowest BCUT2D eigenvalue weighted by atomic mass is 9.92. The number of nitrogens with two attached hydrogens (primary N) is 1. The van der Waals surface area contributed by atoms with Gasteiger partial charge in [-0.15, -0.1) is 12.4 Å². The molecule has 2 unspecified atom stereocenters. The number of halogens is 1. The molecule has 1 aliphatic carbocycles. The molecule has 2 aliphatic rings. The van der Waals surface area contributed by atoms with Gasteiger partial charge in [0.15, 0.2) is 0 Å². The molecule has 144 valence electrons. The summed E-state index contributed by atoms with van der Waals surface area (Å²) in [6.45, 7) is 5.03. The van der Waals surface area contributed by atoms with Crippen LogP contribution >= 0.6 is 12.4 Å². The Hall–Kier alpha value is -1.59. The summed E-state index contributed by atoms with van der Waals surface area (Å²) in [6.07, 6.45) is 3.31. The average molecular weight is 380 g/mol. The van der Waals surface area contributed by atoms with Crippen molar-refractivity contribution in [2.45, 2.75) is 58.2 Å². The molecule has 0 radical (unpaired) electrons. The van der Waals surface area contributed by atoms with Crippen molar-refractivity contribution in [2.75, 3.05) is 6.54 Å². The molecule has 1 saturated carbocycles. The molecule has 2 amide bonds. The number of hydrogen-bond acceptors (Lipinski definition) is 3. The summed E-state index contributed by atoms with van der Waals surface area (Å²) in [5.41, 5.74) is 8.13. The molecule has 2 atom stereocenters. The molecule has 1 aromatic rings. The highest BCUT2D eigenvalue weighted by molar-refractivity contribution is 5.88. The molecule has 0 bridgehead atoms. The Kier molecular flexibility index (Phi) is 7.07. The van der Waals surface area contributed by atoms with Crippen LogP contribution in [0.1, 0.15) is 44.2 Å². The fourth-order valence-electron chi connectivity index (χ4n) is 3.63. The quantitative estimate of drug-likeness (QED) is 0.796. The Bertz CT molecular complexity index is 646. The van der Waals surface area contributed by atoms with Gasteiger partial charge in [0.2, 0.25) is 11.8 Å². The second-order valence-electron chi connectivity index (χ2n) is 7.80. The highest BCUT2D eigenvalue weighted by Gasteiger charge is 2.37. The van der Waals surface area contributed by atoms with Gasteiger partial charge in [0.1, 0.15) is 6.04 Å². The van der Waals surface area contributed by atoms with Gasteiger partial charge >= 0.3 is 0 Å². The number of nitrogens with one attached hydrogen (secondary N) is 1. The molecule has 0 saturated heterocycles. The van der Waals surface area contributed by atoms with Crippen LogP contribution in [0.25, 0.3) is 0 Å². The van der Waals surface area contributed by atoms with Gasteiger partial charge in [-0.3, -0.25) is 9.59 Å². The fraction of sp³-hybridized carbons (Fsp3) is 0.600. The number of carbonyl (C=O) groups is 2. The topological polar surface area (TPSA) is 75.4 Å². The lowest BCUT2D eigenvalue weighted by molar-refractivity contribution is -0.142. The number of amides is 2. The fourth-order valence-corrected chi connectivity index (χ4v) is 3.63. The van der Waals surface area contributed by atoms with E-state index in [4.69, 9.17) is 5.73 Å². The van der Waals surface area contributed by atoms with Crippen LogP contribution in [0.15, 0.2) is 24.3 Å². The van der Waals surface area contributed by atoms with Crippen LogP contribution in [-0.2, 0) is 22.6 Å². The predicted octanol–water partition coefficient (Wildman–Crippen LogP) is 2.26. The van der Waals surface area contributed by atoms with Crippen molar-refractivity contribution in [1.82, 2.24) is 10.2 Å². The van der Waals surface area contributed by atoms with Crippen LogP contribution in [0.4, 0.5) is 0 Å². The third-order valence-corrected chi connectivity index (χ3v) is 5.23. The monoisotopic (exact) mass is 379 g/mol. The van der Waals surface area contributed by atoms with Crippen LogP contribution < -0.4 is 11.1 Å². The molecular formula is C20H30ClN3O2. The van der Waals surface area contributed by atoms with E-state index in [0.29, 0.717) is 31.8 Å². The zero-order valence-corrected chi connectivity index (χ0v) is 16.4.